The van der Waals surface area contributed by atoms with E-state index in [-0.39, 0.29) is 12.2 Å². The van der Waals surface area contributed by atoms with Crippen molar-refractivity contribution >= 4 is 11.6 Å². The number of aromatic nitrogens is 1. The molecule has 0 bridgehead atoms. The summed E-state index contributed by atoms with van der Waals surface area (Å²) in [5.41, 5.74) is 0.267. The molecule has 1 heterocycles. The Hall–Kier alpha value is -0.800. The largest absolute Gasteiger partial charge is 0.392 e. The first-order valence-corrected chi connectivity index (χ1v) is 3.10. The normalized spacial score (nSPS) is 9.80. The number of hydrogen-bond donors (Lipinski definition) is 2. The van der Waals surface area contributed by atoms with Crippen LogP contribution in [0, 0.1) is 0 Å². The van der Waals surface area contributed by atoms with Crippen molar-refractivity contribution in [2.24, 2.45) is 0 Å². The van der Waals surface area contributed by atoms with Gasteiger partial charge < -0.3 is 10.1 Å². The van der Waals surface area contributed by atoms with E-state index in [1.807, 2.05) is 0 Å². The Bertz CT molecular complexity index is 281. The number of aliphatic hydroxyl groups excluding tert-OH is 1. The Kier molecular flexibility index (Phi) is 2.09. The third kappa shape index (κ3) is 1.37. The van der Waals surface area contributed by atoms with Crippen LogP contribution in [0.2, 0.25) is 5.02 Å². The van der Waals surface area contributed by atoms with Gasteiger partial charge in [0.1, 0.15) is 0 Å². The van der Waals surface area contributed by atoms with Gasteiger partial charge >= 0.3 is 0 Å². The van der Waals surface area contributed by atoms with Crippen molar-refractivity contribution in [1.82, 2.24) is 4.98 Å². The Balaban J connectivity index is 3.19. The molecule has 0 aliphatic rings. The van der Waals surface area contributed by atoms with Gasteiger partial charge in [-0.3, -0.25) is 4.79 Å². The first-order valence-electron chi connectivity index (χ1n) is 2.72. The quantitative estimate of drug-likeness (QED) is 0.628. The fraction of sp³-hybridized carbons (Fsp3) is 0.167. The molecule has 0 saturated carbocycles. The molecule has 0 aliphatic carbocycles. The van der Waals surface area contributed by atoms with E-state index < -0.39 is 0 Å². The summed E-state index contributed by atoms with van der Waals surface area (Å²) < 4.78 is 0. The van der Waals surface area contributed by atoms with E-state index in [0.717, 1.165) is 0 Å². The van der Waals surface area contributed by atoms with Crippen LogP contribution < -0.4 is 5.56 Å². The van der Waals surface area contributed by atoms with Gasteiger partial charge in [-0.1, -0.05) is 11.6 Å². The summed E-state index contributed by atoms with van der Waals surface area (Å²) in [6.45, 7) is -0.157. The molecule has 0 spiro atoms. The molecule has 0 saturated heterocycles. The lowest BCUT2D eigenvalue weighted by atomic mass is 10.3. The van der Waals surface area contributed by atoms with Crippen LogP contribution in [0.25, 0.3) is 0 Å². The van der Waals surface area contributed by atoms with Crippen LogP contribution >= 0.6 is 11.6 Å². The lowest BCUT2D eigenvalue weighted by Crippen LogP contribution is -2.04. The predicted molar refractivity (Wildman–Crippen MR) is 38.0 cm³/mol. The van der Waals surface area contributed by atoms with Crippen molar-refractivity contribution < 1.29 is 5.11 Å². The fourth-order valence-corrected chi connectivity index (χ4v) is 0.811. The van der Waals surface area contributed by atoms with Crippen LogP contribution in [-0.4, -0.2) is 10.1 Å². The van der Waals surface area contributed by atoms with Crippen molar-refractivity contribution in [1.29, 1.82) is 0 Å². The van der Waals surface area contributed by atoms with Gasteiger partial charge in [0, 0.05) is 17.8 Å². The average molecular weight is 160 g/mol. The van der Waals surface area contributed by atoms with E-state index in [4.69, 9.17) is 16.7 Å². The summed E-state index contributed by atoms with van der Waals surface area (Å²) in [6, 6.07) is 1.23. The minimum Gasteiger partial charge on any atom is -0.392 e. The zero-order chi connectivity index (χ0) is 7.56. The van der Waals surface area contributed by atoms with Gasteiger partial charge in [-0.2, -0.15) is 0 Å². The summed E-state index contributed by atoms with van der Waals surface area (Å²) in [7, 11) is 0. The first kappa shape index (κ1) is 7.31. The molecule has 0 aliphatic heterocycles. The van der Waals surface area contributed by atoms with Crippen LogP contribution in [0.1, 0.15) is 5.56 Å². The molecule has 0 atom stereocenters. The molecule has 54 valence electrons. The molecular formula is C6H6ClNO2. The highest BCUT2D eigenvalue weighted by Gasteiger charge is 1.96. The summed E-state index contributed by atoms with van der Waals surface area (Å²) in [4.78, 5) is 12.9. The minimum atomic E-state index is -0.262. The van der Waals surface area contributed by atoms with E-state index in [0.29, 0.717) is 10.6 Å². The molecule has 0 amide bonds. The maximum atomic E-state index is 10.5. The Morgan fingerprint density at radius 1 is 1.70 bits per heavy atom. The second-order valence-electron chi connectivity index (χ2n) is 1.83. The molecule has 1 aromatic heterocycles. The SMILES string of the molecule is O=c1cc(Cl)c(CO)c[nH]1. The first-order chi connectivity index (χ1) is 4.74. The standard InChI is InChI=1S/C6H6ClNO2/c7-5-1-6(10)8-2-4(5)3-9/h1-2,9H,3H2,(H,8,10). The third-order valence-corrected chi connectivity index (χ3v) is 1.48. The molecule has 2 N–H and O–H groups in total. The maximum Gasteiger partial charge on any atom is 0.249 e. The van der Waals surface area contributed by atoms with Gasteiger partial charge in [0.05, 0.1) is 11.6 Å². The lowest BCUT2D eigenvalue weighted by molar-refractivity contribution is 0.281. The lowest BCUT2D eigenvalue weighted by Gasteiger charge is -1.95. The molecule has 3 nitrogen and oxygen atoms in total. The maximum absolute atomic E-state index is 10.5. The number of halogens is 1. The summed E-state index contributed by atoms with van der Waals surface area (Å²) >= 11 is 5.55. The highest BCUT2D eigenvalue weighted by Crippen LogP contribution is 2.10. The van der Waals surface area contributed by atoms with Gasteiger partial charge in [0.2, 0.25) is 5.56 Å². The number of H-pyrrole nitrogens is 1. The Morgan fingerprint density at radius 2 is 2.40 bits per heavy atom. The zero-order valence-corrected chi connectivity index (χ0v) is 5.85. The third-order valence-electron chi connectivity index (χ3n) is 1.12. The monoisotopic (exact) mass is 159 g/mol. The number of pyridine rings is 1. The Labute approximate surface area is 62.3 Å². The molecular weight excluding hydrogens is 154 g/mol. The van der Waals surface area contributed by atoms with Crippen LogP contribution in [0.3, 0.4) is 0 Å². The number of aliphatic hydroxyl groups is 1. The molecule has 0 unspecified atom stereocenters. The van der Waals surface area contributed by atoms with Gasteiger partial charge in [0.25, 0.3) is 0 Å². The van der Waals surface area contributed by atoms with E-state index in [1.165, 1.54) is 12.3 Å². The van der Waals surface area contributed by atoms with Gasteiger partial charge in [0.15, 0.2) is 0 Å². The van der Waals surface area contributed by atoms with E-state index >= 15 is 0 Å². The van der Waals surface area contributed by atoms with E-state index in [1.54, 1.807) is 0 Å². The van der Waals surface area contributed by atoms with Gasteiger partial charge in [-0.25, -0.2) is 0 Å². The fourth-order valence-electron chi connectivity index (χ4n) is 0.598. The minimum absolute atomic E-state index is 0.157. The second kappa shape index (κ2) is 2.86. The van der Waals surface area contributed by atoms with Gasteiger partial charge in [-0.05, 0) is 0 Å². The molecule has 10 heavy (non-hydrogen) atoms. The molecule has 1 rings (SSSR count). The summed E-state index contributed by atoms with van der Waals surface area (Å²) in [5.74, 6) is 0. The van der Waals surface area contributed by atoms with Crippen LogP contribution in [-0.2, 0) is 6.61 Å². The number of aromatic amines is 1. The summed E-state index contributed by atoms with van der Waals surface area (Å²) in [5, 5.41) is 8.90. The molecule has 0 radical (unpaired) electrons. The topological polar surface area (TPSA) is 53.1 Å². The predicted octanol–water partition coefficient (Wildman–Crippen LogP) is 0.521. The van der Waals surface area contributed by atoms with Gasteiger partial charge in [-0.15, -0.1) is 0 Å². The zero-order valence-electron chi connectivity index (χ0n) is 5.10. The number of nitrogens with one attached hydrogen (secondary N) is 1. The number of hydrogen-bond acceptors (Lipinski definition) is 2. The van der Waals surface area contributed by atoms with Crippen molar-refractivity contribution in [2.75, 3.05) is 0 Å². The van der Waals surface area contributed by atoms with E-state index in [9.17, 15) is 4.79 Å². The average Bonchev–Trinajstić information content (AvgIpc) is 1.88. The summed E-state index contributed by atoms with van der Waals surface area (Å²) in [6.07, 6.45) is 1.39. The number of rotatable bonds is 1. The molecule has 0 fully saturated rings. The van der Waals surface area contributed by atoms with E-state index in [2.05, 4.69) is 4.98 Å². The van der Waals surface area contributed by atoms with Crippen LogP contribution in [0.15, 0.2) is 17.1 Å². The van der Waals surface area contributed by atoms with Crippen LogP contribution in [0.4, 0.5) is 0 Å². The molecule has 4 heteroatoms. The van der Waals surface area contributed by atoms with Crippen molar-refractivity contribution in [2.45, 2.75) is 6.61 Å². The van der Waals surface area contributed by atoms with Crippen molar-refractivity contribution in [3.8, 4) is 0 Å². The molecule has 1 aromatic rings. The molecule has 0 aromatic carbocycles. The highest BCUT2D eigenvalue weighted by molar-refractivity contribution is 6.31. The smallest absolute Gasteiger partial charge is 0.249 e. The van der Waals surface area contributed by atoms with Crippen LogP contribution in [0.5, 0.6) is 0 Å². The second-order valence-corrected chi connectivity index (χ2v) is 2.24. The van der Waals surface area contributed by atoms with Crippen molar-refractivity contribution in [3.05, 3.63) is 33.2 Å². The van der Waals surface area contributed by atoms with Crippen molar-refractivity contribution in [3.63, 3.8) is 0 Å². The highest BCUT2D eigenvalue weighted by atomic mass is 35.5. The Morgan fingerprint density at radius 3 is 2.90 bits per heavy atom.